The van der Waals surface area contributed by atoms with Crippen LogP contribution in [-0.4, -0.2) is 88.9 Å². The number of fused-ring (bicyclic) bond motifs is 1. The van der Waals surface area contributed by atoms with E-state index in [1.165, 1.54) is 38.7 Å². The minimum Gasteiger partial charge on any atom is -0.444 e. The van der Waals surface area contributed by atoms with Crippen LogP contribution in [0.4, 0.5) is 41.6 Å². The van der Waals surface area contributed by atoms with Crippen molar-refractivity contribution >= 4 is 46.4 Å². The van der Waals surface area contributed by atoms with E-state index in [9.17, 15) is 40.7 Å². The maximum absolute atomic E-state index is 13.5. The lowest BCUT2D eigenvalue weighted by Gasteiger charge is -2.36. The first-order chi connectivity index (χ1) is 20.9. The zero-order valence-corrected chi connectivity index (χ0v) is 27.1. The molecule has 1 saturated heterocycles. The van der Waals surface area contributed by atoms with Crippen LogP contribution in [0.5, 0.6) is 5.75 Å². The smallest absolute Gasteiger partial charge is 0.444 e. The molecule has 46 heavy (non-hydrogen) atoms. The number of nitrogens with one attached hydrogen (secondary N) is 1. The Kier molecular flexibility index (Phi) is 10.9. The molecule has 10 nitrogen and oxygen atoms in total. The van der Waals surface area contributed by atoms with Gasteiger partial charge >= 0.3 is 24.7 Å². The van der Waals surface area contributed by atoms with Gasteiger partial charge in [0, 0.05) is 36.0 Å². The van der Waals surface area contributed by atoms with Crippen LogP contribution in [0.2, 0.25) is 0 Å². The van der Waals surface area contributed by atoms with E-state index in [0.717, 1.165) is 6.07 Å². The standard InChI is InChI=1S/C29H36F6N4O6S/c1-16-10-20(23(40)36-13-18-14-46-9-8-38(18)24(41)44-26(2,3)4)37-22-19(16)11-17(12-21(22)43-29(33,34)35)39(15-28(30,31)32)25(42)45-27(5,6)7/h10-12,18H,8-9,13-15H2,1-7H3,(H,36,40)/t18-/m1/s1. The van der Waals surface area contributed by atoms with Crippen LogP contribution in [0.3, 0.4) is 0 Å². The summed E-state index contributed by atoms with van der Waals surface area (Å²) in [6.07, 6.45) is -12.3. The number of hydrogen-bond acceptors (Lipinski definition) is 8. The van der Waals surface area contributed by atoms with Crippen molar-refractivity contribution < 1.29 is 54.9 Å². The number of rotatable bonds is 6. The number of carbonyl (C=O) groups is 3. The average Bonchev–Trinajstić information content (AvgIpc) is 2.87. The van der Waals surface area contributed by atoms with Crippen LogP contribution in [0, 0.1) is 6.92 Å². The van der Waals surface area contributed by atoms with E-state index in [4.69, 9.17) is 9.47 Å². The number of benzene rings is 1. The van der Waals surface area contributed by atoms with Gasteiger partial charge in [0.25, 0.3) is 5.91 Å². The zero-order chi connectivity index (χ0) is 34.8. The van der Waals surface area contributed by atoms with Crippen LogP contribution < -0.4 is 15.0 Å². The lowest BCUT2D eigenvalue weighted by Crippen LogP contribution is -2.52. The van der Waals surface area contributed by atoms with Crippen LogP contribution in [0.25, 0.3) is 10.9 Å². The molecule has 1 N–H and O–H groups in total. The Morgan fingerprint density at radius 3 is 2.20 bits per heavy atom. The van der Waals surface area contributed by atoms with Gasteiger partial charge in [0.1, 0.15) is 29.0 Å². The predicted octanol–water partition coefficient (Wildman–Crippen LogP) is 6.83. The van der Waals surface area contributed by atoms with Crippen molar-refractivity contribution in [2.24, 2.45) is 0 Å². The third-order valence-corrected chi connectivity index (χ3v) is 7.24. The summed E-state index contributed by atoms with van der Waals surface area (Å²) in [4.78, 5) is 44.4. The van der Waals surface area contributed by atoms with Crippen LogP contribution in [-0.2, 0) is 9.47 Å². The third kappa shape index (κ3) is 10.7. The Morgan fingerprint density at radius 1 is 1.00 bits per heavy atom. The topological polar surface area (TPSA) is 110 Å². The van der Waals surface area contributed by atoms with Crippen molar-refractivity contribution in [1.82, 2.24) is 15.2 Å². The highest BCUT2D eigenvalue weighted by Gasteiger charge is 2.38. The molecule has 1 aliphatic rings. The van der Waals surface area contributed by atoms with Crippen LogP contribution in [0.1, 0.15) is 57.6 Å². The lowest BCUT2D eigenvalue weighted by atomic mass is 10.1. The van der Waals surface area contributed by atoms with Gasteiger partial charge in [-0.3, -0.25) is 9.69 Å². The fourth-order valence-electron chi connectivity index (χ4n) is 4.36. The second-order valence-electron chi connectivity index (χ2n) is 12.5. The summed E-state index contributed by atoms with van der Waals surface area (Å²) < 4.78 is 95.6. The van der Waals surface area contributed by atoms with Crippen LogP contribution >= 0.6 is 11.8 Å². The molecule has 2 heterocycles. The highest BCUT2D eigenvalue weighted by Crippen LogP contribution is 2.37. The molecule has 0 aliphatic carbocycles. The van der Waals surface area contributed by atoms with Crippen molar-refractivity contribution in [3.63, 3.8) is 0 Å². The van der Waals surface area contributed by atoms with Crippen molar-refractivity contribution in [3.8, 4) is 5.75 Å². The monoisotopic (exact) mass is 682 g/mol. The molecule has 0 saturated carbocycles. The van der Waals surface area contributed by atoms with E-state index in [2.05, 4.69) is 15.0 Å². The molecule has 1 aliphatic heterocycles. The van der Waals surface area contributed by atoms with Gasteiger partial charge in [0.05, 0.1) is 11.7 Å². The molecule has 1 fully saturated rings. The van der Waals surface area contributed by atoms with E-state index < -0.39 is 71.4 Å². The number of amides is 3. The van der Waals surface area contributed by atoms with Gasteiger partial charge in [-0.15, -0.1) is 13.2 Å². The maximum Gasteiger partial charge on any atom is 0.573 e. The first-order valence-corrected chi connectivity index (χ1v) is 15.2. The van der Waals surface area contributed by atoms with E-state index in [-0.39, 0.29) is 28.1 Å². The highest BCUT2D eigenvalue weighted by molar-refractivity contribution is 7.99. The number of hydrogen-bond donors (Lipinski definition) is 1. The molecule has 0 spiro atoms. The molecular formula is C29H36F6N4O6S. The lowest BCUT2D eigenvalue weighted by molar-refractivity contribution is -0.274. The number of thioether (sulfide) groups is 1. The molecule has 256 valence electrons. The summed E-state index contributed by atoms with van der Waals surface area (Å²) in [6, 6.07) is 2.41. The van der Waals surface area contributed by atoms with Gasteiger partial charge < -0.3 is 24.4 Å². The molecule has 0 bridgehead atoms. The van der Waals surface area contributed by atoms with Crippen molar-refractivity contribution in [3.05, 3.63) is 29.5 Å². The molecule has 3 amide bonds. The summed E-state index contributed by atoms with van der Waals surface area (Å²) in [5.74, 6) is -0.664. The maximum atomic E-state index is 13.5. The highest BCUT2D eigenvalue weighted by atomic mass is 32.2. The molecule has 3 rings (SSSR count). The number of aromatic nitrogens is 1. The minimum absolute atomic E-state index is 0.0169. The Hall–Kier alpha value is -3.63. The molecular weight excluding hydrogens is 646 g/mol. The normalized spacial score (nSPS) is 16.2. The van der Waals surface area contributed by atoms with Gasteiger partial charge in [-0.05, 0) is 66.2 Å². The molecule has 0 unspecified atom stereocenters. The summed E-state index contributed by atoms with van der Waals surface area (Å²) in [6.45, 7) is 9.31. The van der Waals surface area contributed by atoms with Crippen LogP contribution in [0.15, 0.2) is 18.2 Å². The quantitative estimate of drug-likeness (QED) is 0.331. The van der Waals surface area contributed by atoms with Crippen molar-refractivity contribution in [2.45, 2.75) is 78.2 Å². The van der Waals surface area contributed by atoms with E-state index in [1.807, 2.05) is 0 Å². The fraction of sp³-hybridized carbons (Fsp3) is 0.586. The number of ether oxygens (including phenoxy) is 3. The third-order valence-electron chi connectivity index (χ3n) is 6.15. The van der Waals surface area contributed by atoms with E-state index in [0.29, 0.717) is 24.1 Å². The Balaban J connectivity index is 2.00. The van der Waals surface area contributed by atoms with E-state index >= 15 is 0 Å². The number of alkyl halides is 6. The number of pyridine rings is 1. The first-order valence-electron chi connectivity index (χ1n) is 14.1. The fourth-order valence-corrected chi connectivity index (χ4v) is 5.43. The number of nitrogens with zero attached hydrogens (tertiary/aromatic N) is 3. The zero-order valence-electron chi connectivity index (χ0n) is 26.3. The molecule has 2 aromatic rings. The number of halogens is 6. The van der Waals surface area contributed by atoms with Crippen molar-refractivity contribution in [2.75, 3.05) is 36.0 Å². The summed E-state index contributed by atoms with van der Waals surface area (Å²) in [5.41, 5.74) is -3.19. The average molecular weight is 683 g/mol. The number of carbonyl (C=O) groups excluding carboxylic acids is 3. The minimum atomic E-state index is -5.30. The van der Waals surface area contributed by atoms with Gasteiger partial charge in [-0.2, -0.15) is 24.9 Å². The molecule has 1 atom stereocenters. The van der Waals surface area contributed by atoms with Gasteiger partial charge in [-0.25, -0.2) is 14.6 Å². The second-order valence-corrected chi connectivity index (χ2v) is 13.7. The molecule has 1 aromatic carbocycles. The summed E-state index contributed by atoms with van der Waals surface area (Å²) in [7, 11) is 0. The largest absolute Gasteiger partial charge is 0.573 e. The number of aryl methyl sites for hydroxylation is 1. The Morgan fingerprint density at radius 2 is 1.63 bits per heavy atom. The number of anilines is 1. The SMILES string of the molecule is Cc1cc(C(=O)NC[C@@H]2CSCCN2C(=O)OC(C)(C)C)nc2c(OC(F)(F)F)cc(N(CC(F)(F)F)C(=O)OC(C)(C)C)cc12. The first kappa shape index (κ1) is 36.8. The predicted molar refractivity (Wildman–Crippen MR) is 159 cm³/mol. The van der Waals surface area contributed by atoms with E-state index in [1.54, 1.807) is 32.5 Å². The van der Waals surface area contributed by atoms with Gasteiger partial charge in [0.2, 0.25) is 0 Å². The molecule has 17 heteroatoms. The summed E-state index contributed by atoms with van der Waals surface area (Å²) in [5, 5.41) is 2.54. The Labute approximate surface area is 266 Å². The second kappa shape index (κ2) is 13.6. The summed E-state index contributed by atoms with van der Waals surface area (Å²) >= 11 is 1.57. The van der Waals surface area contributed by atoms with Gasteiger partial charge in [0.15, 0.2) is 5.75 Å². The van der Waals surface area contributed by atoms with Crippen molar-refractivity contribution in [1.29, 1.82) is 0 Å². The van der Waals surface area contributed by atoms with Gasteiger partial charge in [-0.1, -0.05) is 0 Å². The Bertz CT molecular complexity index is 1460. The molecule has 1 aromatic heterocycles. The molecule has 0 radical (unpaired) electrons.